The number of hydrogen-bond acceptors (Lipinski definition) is 2. The van der Waals surface area contributed by atoms with Crippen LogP contribution in [0.3, 0.4) is 0 Å². The van der Waals surface area contributed by atoms with E-state index in [1.54, 1.807) is 0 Å². The summed E-state index contributed by atoms with van der Waals surface area (Å²) >= 11 is 4.68. The molecule has 70 valence electrons. The molecule has 0 aromatic carbocycles. The lowest BCUT2D eigenvalue weighted by molar-refractivity contribution is -0.120. The molecule has 0 saturated carbocycles. The Hall–Kier alpha value is 1.09. The lowest BCUT2D eigenvalue weighted by Crippen LogP contribution is -2.37. The summed E-state index contributed by atoms with van der Waals surface area (Å²) in [6.07, 6.45) is 3.13. The number of rotatable bonds is 3. The quantitative estimate of drug-likeness (QED) is 0.418. The first-order chi connectivity index (χ1) is 5.66. The summed E-state index contributed by atoms with van der Waals surface area (Å²) in [4.78, 5) is 13.7. The van der Waals surface area contributed by atoms with Crippen LogP contribution in [0.2, 0.25) is 0 Å². The number of carbonyl (C=O) groups excluding carboxylic acids is 1. The molecule has 1 aliphatic heterocycles. The summed E-state index contributed by atoms with van der Waals surface area (Å²) in [5, 5.41) is 0. The van der Waals surface area contributed by atoms with E-state index < -0.39 is 0 Å². The van der Waals surface area contributed by atoms with Gasteiger partial charge in [-0.25, -0.2) is 0 Å². The zero-order valence-electron chi connectivity index (χ0n) is 7.09. The minimum atomic E-state index is 0.108. The normalized spacial score (nSPS) is 27.4. The van der Waals surface area contributed by atoms with Crippen LogP contribution in [-0.4, -0.2) is 25.3 Å². The van der Waals surface area contributed by atoms with Gasteiger partial charge in [-0.15, -0.1) is 0 Å². The Bertz CT molecular complexity index is 174. The molecule has 0 aromatic heterocycles. The molecule has 0 aromatic rings. The molecule has 1 fully saturated rings. The van der Waals surface area contributed by atoms with Gasteiger partial charge in [0.1, 0.15) is 4.05 Å². The van der Waals surface area contributed by atoms with Crippen molar-refractivity contribution < 1.29 is 4.79 Å². The second-order valence-electron chi connectivity index (χ2n) is 2.97. The van der Waals surface area contributed by atoms with E-state index in [-0.39, 0.29) is 4.05 Å². The van der Waals surface area contributed by atoms with Crippen LogP contribution in [0.4, 0.5) is 0 Å². The number of Topliss-reactive ketones (excluding diaryl/α,β-unsaturated/α-hetero) is 1. The molecule has 0 radical (unpaired) electrons. The average molecular weight is 393 g/mol. The molecule has 4 heteroatoms. The lowest BCUT2D eigenvalue weighted by atomic mass is 10.3. The van der Waals surface area contributed by atoms with Gasteiger partial charge in [0.15, 0.2) is 5.78 Å². The Morgan fingerprint density at radius 1 is 1.75 bits per heavy atom. The molecule has 1 saturated heterocycles. The van der Waals surface area contributed by atoms with E-state index >= 15 is 0 Å². The maximum absolute atomic E-state index is 11.4. The topological polar surface area (TPSA) is 20.3 Å². The van der Waals surface area contributed by atoms with Gasteiger partial charge in [0.05, 0.1) is 4.05 Å². The Morgan fingerprint density at radius 3 is 2.83 bits per heavy atom. The van der Waals surface area contributed by atoms with Gasteiger partial charge in [-0.3, -0.25) is 9.69 Å². The van der Waals surface area contributed by atoms with Gasteiger partial charge in [-0.2, -0.15) is 0 Å². The standard InChI is InChI=1S/C8H13I2NO/c1-2-6(12)8(10)11-5-3-4-7(11)9/h7-8H,2-5H2,1H3. The van der Waals surface area contributed by atoms with E-state index in [1.807, 2.05) is 6.92 Å². The second kappa shape index (κ2) is 5.09. The smallest absolute Gasteiger partial charge is 0.159 e. The minimum Gasteiger partial charge on any atom is -0.297 e. The molecule has 2 unspecified atom stereocenters. The molecule has 0 spiro atoms. The number of likely N-dealkylation sites (tertiary alicyclic amines) is 1. The summed E-state index contributed by atoms with van der Waals surface area (Å²) in [6.45, 7) is 3.03. The van der Waals surface area contributed by atoms with Crippen molar-refractivity contribution in [1.29, 1.82) is 0 Å². The van der Waals surface area contributed by atoms with Crippen LogP contribution in [0.5, 0.6) is 0 Å². The van der Waals surface area contributed by atoms with Crippen molar-refractivity contribution in [3.63, 3.8) is 0 Å². The van der Waals surface area contributed by atoms with Gasteiger partial charge in [0.25, 0.3) is 0 Å². The number of carbonyl (C=O) groups is 1. The maximum atomic E-state index is 11.4. The largest absolute Gasteiger partial charge is 0.297 e. The summed E-state index contributed by atoms with van der Waals surface area (Å²) in [7, 11) is 0. The van der Waals surface area contributed by atoms with E-state index in [0.717, 1.165) is 6.54 Å². The van der Waals surface area contributed by atoms with Crippen LogP contribution < -0.4 is 0 Å². The van der Waals surface area contributed by atoms with Crippen LogP contribution in [-0.2, 0) is 4.79 Å². The number of alkyl halides is 2. The van der Waals surface area contributed by atoms with Crippen molar-refractivity contribution >= 4 is 51.0 Å². The number of nitrogens with zero attached hydrogens (tertiary/aromatic N) is 1. The first kappa shape index (κ1) is 11.2. The predicted octanol–water partition coefficient (Wildman–Crippen LogP) is 2.58. The van der Waals surface area contributed by atoms with E-state index in [1.165, 1.54) is 12.8 Å². The van der Waals surface area contributed by atoms with Crippen LogP contribution >= 0.6 is 45.2 Å². The average Bonchev–Trinajstić information content (AvgIpc) is 2.48. The van der Waals surface area contributed by atoms with Crippen molar-refractivity contribution in [2.75, 3.05) is 6.54 Å². The van der Waals surface area contributed by atoms with Crippen molar-refractivity contribution in [3.8, 4) is 0 Å². The molecule has 0 aliphatic carbocycles. The molecule has 1 aliphatic rings. The van der Waals surface area contributed by atoms with Crippen LogP contribution in [0.1, 0.15) is 26.2 Å². The molecule has 1 heterocycles. The van der Waals surface area contributed by atoms with E-state index in [0.29, 0.717) is 16.3 Å². The second-order valence-corrected chi connectivity index (χ2v) is 5.59. The molecular formula is C8H13I2NO. The van der Waals surface area contributed by atoms with Crippen molar-refractivity contribution in [3.05, 3.63) is 0 Å². The van der Waals surface area contributed by atoms with Gasteiger partial charge in [-0.1, -0.05) is 52.1 Å². The van der Waals surface area contributed by atoms with Crippen molar-refractivity contribution in [2.24, 2.45) is 0 Å². The fourth-order valence-corrected chi connectivity index (χ4v) is 4.12. The summed E-state index contributed by atoms with van der Waals surface area (Å²) in [6, 6.07) is 0. The van der Waals surface area contributed by atoms with Crippen LogP contribution in [0.25, 0.3) is 0 Å². The monoisotopic (exact) mass is 393 g/mol. The number of ketones is 1. The van der Waals surface area contributed by atoms with Crippen LogP contribution in [0, 0.1) is 0 Å². The molecular weight excluding hydrogens is 380 g/mol. The highest BCUT2D eigenvalue weighted by Crippen LogP contribution is 2.28. The predicted molar refractivity (Wildman–Crippen MR) is 66.9 cm³/mol. The van der Waals surface area contributed by atoms with Gasteiger partial charge < -0.3 is 0 Å². The van der Waals surface area contributed by atoms with E-state index in [9.17, 15) is 4.79 Å². The van der Waals surface area contributed by atoms with Gasteiger partial charge in [-0.05, 0) is 12.8 Å². The van der Waals surface area contributed by atoms with Crippen molar-refractivity contribution in [1.82, 2.24) is 4.90 Å². The van der Waals surface area contributed by atoms with E-state index in [2.05, 4.69) is 50.1 Å². The highest BCUT2D eigenvalue weighted by Gasteiger charge is 2.30. The summed E-state index contributed by atoms with van der Waals surface area (Å²) < 4.78 is 0.678. The first-order valence-corrected chi connectivity index (χ1v) is 6.72. The molecule has 2 nitrogen and oxygen atoms in total. The van der Waals surface area contributed by atoms with E-state index in [4.69, 9.17) is 0 Å². The van der Waals surface area contributed by atoms with Crippen molar-refractivity contribution in [2.45, 2.75) is 34.3 Å². The molecule has 0 N–H and O–H groups in total. The third-order valence-corrected chi connectivity index (χ3v) is 4.87. The van der Waals surface area contributed by atoms with Crippen LogP contribution in [0.15, 0.2) is 0 Å². The molecule has 0 bridgehead atoms. The Balaban J connectivity index is 2.51. The Labute approximate surface area is 101 Å². The lowest BCUT2D eigenvalue weighted by Gasteiger charge is -2.24. The summed E-state index contributed by atoms with van der Waals surface area (Å²) in [5.41, 5.74) is 0. The Kier molecular flexibility index (Phi) is 4.74. The molecule has 1 rings (SSSR count). The van der Waals surface area contributed by atoms with Gasteiger partial charge in [0, 0.05) is 13.0 Å². The Morgan fingerprint density at radius 2 is 2.42 bits per heavy atom. The molecule has 12 heavy (non-hydrogen) atoms. The molecule has 0 amide bonds. The maximum Gasteiger partial charge on any atom is 0.159 e. The zero-order valence-corrected chi connectivity index (χ0v) is 11.4. The SMILES string of the molecule is CCC(=O)C(I)N1CCCC1I. The molecule has 2 atom stereocenters. The minimum absolute atomic E-state index is 0.108. The van der Waals surface area contributed by atoms with Gasteiger partial charge in [0.2, 0.25) is 0 Å². The number of hydrogen-bond donors (Lipinski definition) is 0. The highest BCUT2D eigenvalue weighted by molar-refractivity contribution is 14.1. The zero-order chi connectivity index (χ0) is 9.14. The summed E-state index contributed by atoms with van der Waals surface area (Å²) in [5.74, 6) is 0.360. The third kappa shape index (κ3) is 2.54. The fraction of sp³-hybridized carbons (Fsp3) is 0.875. The number of halogens is 2. The van der Waals surface area contributed by atoms with Gasteiger partial charge >= 0.3 is 0 Å². The highest BCUT2D eigenvalue weighted by atomic mass is 127. The third-order valence-electron chi connectivity index (χ3n) is 2.12. The fourth-order valence-electron chi connectivity index (χ4n) is 1.36. The first-order valence-electron chi connectivity index (χ1n) is 4.23.